The first-order valence-electron chi connectivity index (χ1n) is 7.88. The second kappa shape index (κ2) is 5.68. The number of hydrogen-bond acceptors (Lipinski definition) is 2. The molecule has 0 unspecified atom stereocenters. The van der Waals surface area contributed by atoms with E-state index in [9.17, 15) is 4.79 Å². The van der Waals surface area contributed by atoms with Crippen molar-refractivity contribution in [1.82, 2.24) is 5.32 Å². The van der Waals surface area contributed by atoms with Crippen LogP contribution in [0.25, 0.3) is 0 Å². The number of anilines is 1. The molecule has 21 heavy (non-hydrogen) atoms. The third-order valence-electron chi connectivity index (χ3n) is 4.97. The summed E-state index contributed by atoms with van der Waals surface area (Å²) in [7, 11) is 0. The van der Waals surface area contributed by atoms with Gasteiger partial charge >= 0.3 is 6.03 Å². The van der Waals surface area contributed by atoms with E-state index in [1.807, 2.05) is 6.07 Å². The molecule has 0 aromatic heterocycles. The molecule has 1 spiro atoms. The number of carbonyl (C=O) groups is 1. The lowest BCUT2D eigenvalue weighted by molar-refractivity contribution is 0.0548. The van der Waals surface area contributed by atoms with Gasteiger partial charge in [0.25, 0.3) is 0 Å². The molecule has 0 radical (unpaired) electrons. The molecule has 1 aliphatic carbocycles. The molecule has 2 fully saturated rings. The van der Waals surface area contributed by atoms with Crippen LogP contribution in [0.1, 0.15) is 37.3 Å². The van der Waals surface area contributed by atoms with Gasteiger partial charge in [-0.3, -0.25) is 0 Å². The van der Waals surface area contributed by atoms with Crippen LogP contribution in [0.3, 0.4) is 0 Å². The van der Waals surface area contributed by atoms with E-state index in [1.165, 1.54) is 11.1 Å². The molecule has 4 nitrogen and oxygen atoms in total. The second-order valence-electron chi connectivity index (χ2n) is 6.32. The first-order valence-corrected chi connectivity index (χ1v) is 7.88. The highest BCUT2D eigenvalue weighted by molar-refractivity contribution is 5.89. The standard InChI is InChI=1S/C17H24N2O2/c1-3-13-10-14(5-4-12(13)2)18-16(20)19-15-11-17(15)6-8-21-9-7-17/h4-5,10,15H,3,6-9,11H2,1-2H3,(H2,18,19,20)/t15-/m0/s1. The zero-order valence-corrected chi connectivity index (χ0v) is 12.9. The summed E-state index contributed by atoms with van der Waals surface area (Å²) in [6.45, 7) is 5.89. The van der Waals surface area contributed by atoms with Gasteiger partial charge in [-0.15, -0.1) is 0 Å². The second-order valence-corrected chi connectivity index (χ2v) is 6.32. The predicted molar refractivity (Wildman–Crippen MR) is 83.6 cm³/mol. The fraction of sp³-hybridized carbons (Fsp3) is 0.588. The van der Waals surface area contributed by atoms with Crippen LogP contribution in [-0.4, -0.2) is 25.3 Å². The summed E-state index contributed by atoms with van der Waals surface area (Å²) in [6.07, 6.45) is 4.22. The molecule has 0 bridgehead atoms. The van der Waals surface area contributed by atoms with Gasteiger partial charge in [0.1, 0.15) is 0 Å². The van der Waals surface area contributed by atoms with Crippen molar-refractivity contribution in [3.63, 3.8) is 0 Å². The van der Waals surface area contributed by atoms with Crippen LogP contribution in [0.2, 0.25) is 0 Å². The number of urea groups is 1. The van der Waals surface area contributed by atoms with Crippen molar-refractivity contribution >= 4 is 11.7 Å². The minimum atomic E-state index is -0.0886. The van der Waals surface area contributed by atoms with Gasteiger partial charge in [-0.1, -0.05) is 13.0 Å². The number of carbonyl (C=O) groups excluding carboxylic acids is 1. The SMILES string of the molecule is CCc1cc(NC(=O)N[C@H]2CC23CCOCC3)ccc1C. The minimum Gasteiger partial charge on any atom is -0.381 e. The number of aryl methyl sites for hydroxylation is 2. The molecule has 2 N–H and O–H groups in total. The van der Waals surface area contributed by atoms with Crippen LogP contribution >= 0.6 is 0 Å². The van der Waals surface area contributed by atoms with Crippen molar-refractivity contribution in [1.29, 1.82) is 0 Å². The minimum absolute atomic E-state index is 0.0886. The third kappa shape index (κ3) is 3.05. The lowest BCUT2D eigenvalue weighted by Crippen LogP contribution is -2.35. The highest BCUT2D eigenvalue weighted by Crippen LogP contribution is 2.53. The Kier molecular flexibility index (Phi) is 3.89. The Morgan fingerprint density at radius 2 is 2.14 bits per heavy atom. The Bertz CT molecular complexity index is 536. The van der Waals surface area contributed by atoms with E-state index < -0.39 is 0 Å². The highest BCUT2D eigenvalue weighted by atomic mass is 16.5. The van der Waals surface area contributed by atoms with Crippen molar-refractivity contribution < 1.29 is 9.53 Å². The number of nitrogens with one attached hydrogen (secondary N) is 2. The highest BCUT2D eigenvalue weighted by Gasteiger charge is 2.55. The molecule has 1 aromatic rings. The summed E-state index contributed by atoms with van der Waals surface area (Å²) in [5, 5.41) is 6.07. The fourth-order valence-corrected chi connectivity index (χ4v) is 3.34. The van der Waals surface area contributed by atoms with Gasteiger partial charge in [-0.2, -0.15) is 0 Å². The Balaban J connectivity index is 1.55. The van der Waals surface area contributed by atoms with Gasteiger partial charge in [0.15, 0.2) is 0 Å². The van der Waals surface area contributed by atoms with Gasteiger partial charge < -0.3 is 15.4 Å². The van der Waals surface area contributed by atoms with Crippen LogP contribution in [0, 0.1) is 12.3 Å². The van der Waals surface area contributed by atoms with Gasteiger partial charge in [-0.05, 0) is 61.3 Å². The lowest BCUT2D eigenvalue weighted by atomic mass is 9.96. The third-order valence-corrected chi connectivity index (χ3v) is 4.97. The molecule has 1 aliphatic heterocycles. The first-order chi connectivity index (χ1) is 10.1. The monoisotopic (exact) mass is 288 g/mol. The van der Waals surface area contributed by atoms with E-state index in [0.717, 1.165) is 44.6 Å². The summed E-state index contributed by atoms with van der Waals surface area (Å²) in [5.74, 6) is 0. The quantitative estimate of drug-likeness (QED) is 0.897. The van der Waals surface area contributed by atoms with Gasteiger partial charge in [0, 0.05) is 24.9 Å². The summed E-state index contributed by atoms with van der Waals surface area (Å²) in [4.78, 5) is 12.1. The average Bonchev–Trinajstić information content (AvgIpc) is 3.12. The zero-order chi connectivity index (χ0) is 14.9. The lowest BCUT2D eigenvalue weighted by Gasteiger charge is -2.23. The largest absolute Gasteiger partial charge is 0.381 e. The molecule has 2 amide bonds. The van der Waals surface area contributed by atoms with Crippen molar-refractivity contribution in [2.75, 3.05) is 18.5 Å². The number of benzene rings is 1. The normalized spacial score (nSPS) is 22.9. The molecule has 2 aliphatic rings. The fourth-order valence-electron chi connectivity index (χ4n) is 3.34. The molecule has 1 aromatic carbocycles. The number of rotatable bonds is 3. The van der Waals surface area contributed by atoms with Crippen LogP contribution in [0.15, 0.2) is 18.2 Å². The molecular weight excluding hydrogens is 264 g/mol. The molecule has 3 rings (SSSR count). The summed E-state index contributed by atoms with van der Waals surface area (Å²) in [5.41, 5.74) is 3.74. The average molecular weight is 288 g/mol. The molecular formula is C17H24N2O2. The van der Waals surface area contributed by atoms with Gasteiger partial charge in [0.2, 0.25) is 0 Å². The molecule has 114 valence electrons. The maximum absolute atomic E-state index is 12.1. The van der Waals surface area contributed by atoms with Crippen molar-refractivity contribution in [3.8, 4) is 0 Å². The van der Waals surface area contributed by atoms with Crippen LogP contribution < -0.4 is 10.6 Å². The summed E-state index contributed by atoms with van der Waals surface area (Å²) < 4.78 is 5.40. The van der Waals surface area contributed by atoms with Crippen molar-refractivity contribution in [2.45, 2.75) is 45.6 Å². The predicted octanol–water partition coefficient (Wildman–Crippen LogP) is 3.25. The van der Waals surface area contributed by atoms with E-state index in [0.29, 0.717) is 11.5 Å². The molecule has 1 heterocycles. The van der Waals surface area contributed by atoms with Crippen molar-refractivity contribution in [2.24, 2.45) is 5.41 Å². The maximum atomic E-state index is 12.1. The Morgan fingerprint density at radius 1 is 1.38 bits per heavy atom. The van der Waals surface area contributed by atoms with Crippen LogP contribution in [0.4, 0.5) is 10.5 Å². The van der Waals surface area contributed by atoms with Crippen LogP contribution in [0.5, 0.6) is 0 Å². The van der Waals surface area contributed by atoms with E-state index in [-0.39, 0.29) is 6.03 Å². The number of amides is 2. The summed E-state index contributed by atoms with van der Waals surface area (Å²) in [6, 6.07) is 6.31. The van der Waals surface area contributed by atoms with E-state index >= 15 is 0 Å². The van der Waals surface area contributed by atoms with Crippen LogP contribution in [-0.2, 0) is 11.2 Å². The molecule has 1 saturated heterocycles. The summed E-state index contributed by atoms with van der Waals surface area (Å²) >= 11 is 0. The zero-order valence-electron chi connectivity index (χ0n) is 12.9. The van der Waals surface area contributed by atoms with Gasteiger partial charge in [-0.25, -0.2) is 4.79 Å². The number of ether oxygens (including phenoxy) is 1. The van der Waals surface area contributed by atoms with E-state index in [1.54, 1.807) is 0 Å². The van der Waals surface area contributed by atoms with Crippen molar-refractivity contribution in [3.05, 3.63) is 29.3 Å². The van der Waals surface area contributed by atoms with Gasteiger partial charge in [0.05, 0.1) is 0 Å². The molecule has 1 saturated carbocycles. The van der Waals surface area contributed by atoms with E-state index in [2.05, 4.69) is 36.6 Å². The topological polar surface area (TPSA) is 50.4 Å². The Hall–Kier alpha value is -1.55. The maximum Gasteiger partial charge on any atom is 0.319 e. The molecule has 4 heteroatoms. The number of hydrogen-bond donors (Lipinski definition) is 2. The smallest absolute Gasteiger partial charge is 0.319 e. The van der Waals surface area contributed by atoms with E-state index in [4.69, 9.17) is 4.74 Å². The first kappa shape index (κ1) is 14.4. The Morgan fingerprint density at radius 3 is 2.86 bits per heavy atom. The Labute approximate surface area is 126 Å². The molecule has 1 atom stereocenters.